The molecule has 2 nitrogen and oxygen atoms in total. The van der Waals surface area contributed by atoms with Gasteiger partial charge in [0.15, 0.2) is 0 Å². The summed E-state index contributed by atoms with van der Waals surface area (Å²) in [4.78, 5) is 4.52. The second-order valence-corrected chi connectivity index (χ2v) is 5.01. The highest BCUT2D eigenvalue weighted by atomic mass is 14.9. The lowest BCUT2D eigenvalue weighted by Gasteiger charge is -2.07. The molecule has 0 amide bonds. The van der Waals surface area contributed by atoms with Gasteiger partial charge in [-0.3, -0.25) is 4.98 Å². The molecule has 1 N–H and O–H groups in total. The van der Waals surface area contributed by atoms with Crippen molar-refractivity contribution >= 4 is 17.0 Å². The Morgan fingerprint density at radius 2 is 2.11 bits per heavy atom. The Bertz CT molecular complexity index is 572. The predicted octanol–water partition coefficient (Wildman–Crippen LogP) is 3.94. The van der Waals surface area contributed by atoms with Crippen molar-refractivity contribution in [2.24, 2.45) is 0 Å². The summed E-state index contributed by atoms with van der Waals surface area (Å²) in [6, 6.07) is 11.0. The quantitative estimate of drug-likeness (QED) is 0.874. The van der Waals surface area contributed by atoms with Crippen molar-refractivity contribution in [3.63, 3.8) is 0 Å². The van der Waals surface area contributed by atoms with Crippen LogP contribution < -0.4 is 5.32 Å². The zero-order valence-corrected chi connectivity index (χ0v) is 12.0. The molecular weight excluding hydrogens is 232 g/mol. The summed E-state index contributed by atoms with van der Waals surface area (Å²) in [6.45, 7) is 7.45. The van der Waals surface area contributed by atoms with E-state index in [0.29, 0.717) is 6.04 Å². The standard InChI is InChI=1S/C17H22N2/c1-4-11-18-13(2)5-7-15-8-10-17-16(12-15)9-6-14(3)19-17/h5-10,12-13,18H,4,11H2,1-3H3/b7-5+. The Balaban J connectivity index is 2.13. The third kappa shape index (κ3) is 3.90. The van der Waals surface area contributed by atoms with Gasteiger partial charge in [0.25, 0.3) is 0 Å². The van der Waals surface area contributed by atoms with Crippen LogP contribution in [0.1, 0.15) is 31.5 Å². The molecule has 1 aromatic heterocycles. The molecule has 2 heteroatoms. The van der Waals surface area contributed by atoms with E-state index >= 15 is 0 Å². The van der Waals surface area contributed by atoms with Gasteiger partial charge in [-0.25, -0.2) is 0 Å². The number of pyridine rings is 1. The van der Waals surface area contributed by atoms with E-state index in [0.717, 1.165) is 17.8 Å². The molecule has 2 aromatic rings. The Labute approximate surface area is 115 Å². The molecule has 1 unspecified atom stereocenters. The SMILES string of the molecule is CCCNC(C)/C=C/c1ccc2nc(C)ccc2c1. The maximum Gasteiger partial charge on any atom is 0.0705 e. The molecule has 0 saturated carbocycles. The summed E-state index contributed by atoms with van der Waals surface area (Å²) in [5, 5.41) is 4.64. The Hall–Kier alpha value is -1.67. The number of hydrogen-bond acceptors (Lipinski definition) is 2. The van der Waals surface area contributed by atoms with Crippen LogP contribution in [0, 0.1) is 6.92 Å². The lowest BCUT2D eigenvalue weighted by Crippen LogP contribution is -2.24. The number of nitrogens with zero attached hydrogens (tertiary/aromatic N) is 1. The molecule has 0 spiro atoms. The zero-order chi connectivity index (χ0) is 13.7. The van der Waals surface area contributed by atoms with Crippen LogP contribution in [0.2, 0.25) is 0 Å². The lowest BCUT2D eigenvalue weighted by atomic mass is 10.1. The van der Waals surface area contributed by atoms with Gasteiger partial charge < -0.3 is 5.32 Å². The van der Waals surface area contributed by atoms with Gasteiger partial charge in [0, 0.05) is 17.1 Å². The summed E-state index contributed by atoms with van der Waals surface area (Å²) in [5.74, 6) is 0. The van der Waals surface area contributed by atoms with Crippen LogP contribution in [-0.2, 0) is 0 Å². The molecule has 1 aromatic carbocycles. The van der Waals surface area contributed by atoms with Gasteiger partial charge in [0.05, 0.1) is 5.52 Å². The van der Waals surface area contributed by atoms with Crippen LogP contribution in [0.3, 0.4) is 0 Å². The van der Waals surface area contributed by atoms with Crippen molar-refractivity contribution in [2.45, 2.75) is 33.2 Å². The van der Waals surface area contributed by atoms with Crippen LogP contribution in [0.5, 0.6) is 0 Å². The van der Waals surface area contributed by atoms with E-state index in [4.69, 9.17) is 0 Å². The predicted molar refractivity (Wildman–Crippen MR) is 83.3 cm³/mol. The fourth-order valence-electron chi connectivity index (χ4n) is 2.05. The van der Waals surface area contributed by atoms with Crippen LogP contribution in [0.15, 0.2) is 36.4 Å². The maximum atomic E-state index is 4.52. The molecule has 1 atom stereocenters. The molecule has 0 saturated heterocycles. The third-order valence-electron chi connectivity index (χ3n) is 3.15. The molecule has 1 heterocycles. The summed E-state index contributed by atoms with van der Waals surface area (Å²) in [6.07, 6.45) is 5.55. The van der Waals surface area contributed by atoms with Crippen molar-refractivity contribution in [1.29, 1.82) is 0 Å². The van der Waals surface area contributed by atoms with Crippen LogP contribution in [-0.4, -0.2) is 17.6 Å². The van der Waals surface area contributed by atoms with E-state index in [9.17, 15) is 0 Å². The van der Waals surface area contributed by atoms with Gasteiger partial charge >= 0.3 is 0 Å². The summed E-state index contributed by atoms with van der Waals surface area (Å²) < 4.78 is 0. The second kappa shape index (κ2) is 6.48. The minimum atomic E-state index is 0.409. The highest BCUT2D eigenvalue weighted by molar-refractivity contribution is 5.81. The van der Waals surface area contributed by atoms with E-state index in [-0.39, 0.29) is 0 Å². The van der Waals surface area contributed by atoms with Crippen LogP contribution in [0.25, 0.3) is 17.0 Å². The molecule has 0 radical (unpaired) electrons. The molecule has 2 rings (SSSR count). The summed E-state index contributed by atoms with van der Waals surface area (Å²) in [7, 11) is 0. The maximum absolute atomic E-state index is 4.52. The molecule has 0 bridgehead atoms. The molecule has 0 aliphatic heterocycles. The van der Waals surface area contributed by atoms with Crippen LogP contribution >= 0.6 is 0 Å². The number of rotatable bonds is 5. The van der Waals surface area contributed by atoms with Gasteiger partial charge in [-0.2, -0.15) is 0 Å². The Morgan fingerprint density at radius 3 is 2.89 bits per heavy atom. The van der Waals surface area contributed by atoms with Gasteiger partial charge in [-0.15, -0.1) is 0 Å². The first-order chi connectivity index (χ1) is 9.19. The fraction of sp³-hybridized carbons (Fsp3) is 0.353. The number of hydrogen-bond donors (Lipinski definition) is 1. The number of benzene rings is 1. The lowest BCUT2D eigenvalue weighted by molar-refractivity contribution is 0.625. The Kier molecular flexibility index (Phi) is 4.69. The van der Waals surface area contributed by atoms with Crippen molar-refractivity contribution in [1.82, 2.24) is 10.3 Å². The average Bonchev–Trinajstić information content (AvgIpc) is 2.42. The van der Waals surface area contributed by atoms with E-state index in [1.165, 1.54) is 17.4 Å². The van der Waals surface area contributed by atoms with E-state index in [1.807, 2.05) is 6.92 Å². The van der Waals surface area contributed by atoms with E-state index < -0.39 is 0 Å². The van der Waals surface area contributed by atoms with Crippen molar-refractivity contribution in [3.05, 3.63) is 47.7 Å². The van der Waals surface area contributed by atoms with Gasteiger partial charge in [-0.1, -0.05) is 31.2 Å². The van der Waals surface area contributed by atoms with Gasteiger partial charge in [0.1, 0.15) is 0 Å². The summed E-state index contributed by atoms with van der Waals surface area (Å²) >= 11 is 0. The normalized spacial score (nSPS) is 13.2. The van der Waals surface area contributed by atoms with Crippen molar-refractivity contribution in [2.75, 3.05) is 6.54 Å². The average molecular weight is 254 g/mol. The minimum Gasteiger partial charge on any atom is -0.311 e. The molecule has 0 aliphatic rings. The van der Waals surface area contributed by atoms with Gasteiger partial charge in [-0.05, 0) is 50.6 Å². The minimum absolute atomic E-state index is 0.409. The highest BCUT2D eigenvalue weighted by Crippen LogP contribution is 2.15. The number of nitrogens with one attached hydrogen (secondary N) is 1. The molecular formula is C17H22N2. The summed E-state index contributed by atoms with van der Waals surface area (Å²) in [5.41, 5.74) is 3.35. The number of aryl methyl sites for hydroxylation is 1. The van der Waals surface area contributed by atoms with Crippen molar-refractivity contribution in [3.8, 4) is 0 Å². The third-order valence-corrected chi connectivity index (χ3v) is 3.15. The Morgan fingerprint density at radius 1 is 1.26 bits per heavy atom. The first-order valence-electron chi connectivity index (χ1n) is 6.98. The molecule has 0 fully saturated rings. The largest absolute Gasteiger partial charge is 0.311 e. The fourth-order valence-corrected chi connectivity index (χ4v) is 2.05. The topological polar surface area (TPSA) is 24.9 Å². The zero-order valence-electron chi connectivity index (χ0n) is 12.0. The van der Waals surface area contributed by atoms with E-state index in [2.05, 4.69) is 66.6 Å². The molecule has 0 aliphatic carbocycles. The van der Waals surface area contributed by atoms with Crippen molar-refractivity contribution < 1.29 is 0 Å². The first-order valence-corrected chi connectivity index (χ1v) is 6.98. The highest BCUT2D eigenvalue weighted by Gasteiger charge is 1.97. The van der Waals surface area contributed by atoms with Crippen LogP contribution in [0.4, 0.5) is 0 Å². The number of aromatic nitrogens is 1. The number of fused-ring (bicyclic) bond motifs is 1. The smallest absolute Gasteiger partial charge is 0.0705 e. The molecule has 19 heavy (non-hydrogen) atoms. The second-order valence-electron chi connectivity index (χ2n) is 5.01. The first kappa shape index (κ1) is 13.8. The van der Waals surface area contributed by atoms with Gasteiger partial charge in [0.2, 0.25) is 0 Å². The molecule has 100 valence electrons. The van der Waals surface area contributed by atoms with E-state index in [1.54, 1.807) is 0 Å². The monoisotopic (exact) mass is 254 g/mol.